The average Bonchev–Trinajstić information content (AvgIpc) is 2.48. The molecule has 0 aliphatic rings. The Balaban J connectivity index is 2.01. The molecule has 0 heterocycles. The standard InChI is InChI=1S/C15H14BrFN2O2/c16-13-3-1-2-10(6-13)8-21-9-12-7-11(15(20)19-18)4-5-14(12)17/h1-7H,8-9,18H2,(H,19,20). The molecule has 0 aliphatic carbocycles. The van der Waals surface area contributed by atoms with Gasteiger partial charge in [-0.3, -0.25) is 10.2 Å². The van der Waals surface area contributed by atoms with E-state index in [9.17, 15) is 9.18 Å². The van der Waals surface area contributed by atoms with Gasteiger partial charge in [-0.05, 0) is 35.9 Å². The van der Waals surface area contributed by atoms with Crippen LogP contribution in [0.2, 0.25) is 0 Å². The molecule has 0 fully saturated rings. The van der Waals surface area contributed by atoms with Crippen molar-refractivity contribution in [3.05, 3.63) is 69.4 Å². The lowest BCUT2D eigenvalue weighted by molar-refractivity contribution is 0.0950. The largest absolute Gasteiger partial charge is 0.372 e. The molecule has 0 unspecified atom stereocenters. The summed E-state index contributed by atoms with van der Waals surface area (Å²) in [4.78, 5) is 11.4. The zero-order valence-corrected chi connectivity index (χ0v) is 12.7. The van der Waals surface area contributed by atoms with E-state index in [1.165, 1.54) is 18.2 Å². The maximum atomic E-state index is 13.7. The quantitative estimate of drug-likeness (QED) is 0.494. The average molecular weight is 353 g/mol. The highest BCUT2D eigenvalue weighted by molar-refractivity contribution is 9.10. The Morgan fingerprint density at radius 1 is 1.24 bits per heavy atom. The number of nitrogens with two attached hydrogens (primary N) is 1. The Morgan fingerprint density at radius 3 is 2.76 bits per heavy atom. The van der Waals surface area contributed by atoms with E-state index in [1.54, 1.807) is 0 Å². The molecule has 2 rings (SSSR count). The number of halogens is 2. The Morgan fingerprint density at radius 2 is 2.05 bits per heavy atom. The monoisotopic (exact) mass is 352 g/mol. The van der Waals surface area contributed by atoms with Crippen molar-refractivity contribution >= 4 is 21.8 Å². The molecule has 21 heavy (non-hydrogen) atoms. The molecule has 0 atom stereocenters. The summed E-state index contributed by atoms with van der Waals surface area (Å²) in [6.07, 6.45) is 0. The van der Waals surface area contributed by atoms with Crippen LogP contribution in [0.4, 0.5) is 4.39 Å². The van der Waals surface area contributed by atoms with Crippen LogP contribution < -0.4 is 11.3 Å². The highest BCUT2D eigenvalue weighted by Crippen LogP contribution is 2.15. The summed E-state index contributed by atoms with van der Waals surface area (Å²) < 4.78 is 20.1. The van der Waals surface area contributed by atoms with Gasteiger partial charge in [-0.1, -0.05) is 28.1 Å². The van der Waals surface area contributed by atoms with Crippen LogP contribution in [-0.4, -0.2) is 5.91 Å². The molecule has 0 radical (unpaired) electrons. The summed E-state index contributed by atoms with van der Waals surface area (Å²) in [5.74, 6) is 4.17. The Labute approximate surface area is 130 Å². The van der Waals surface area contributed by atoms with Crippen molar-refractivity contribution in [3.63, 3.8) is 0 Å². The van der Waals surface area contributed by atoms with Crippen molar-refractivity contribution in [3.8, 4) is 0 Å². The molecule has 3 N–H and O–H groups in total. The number of benzene rings is 2. The van der Waals surface area contributed by atoms with Crippen molar-refractivity contribution in [1.82, 2.24) is 5.43 Å². The number of hydrogen-bond donors (Lipinski definition) is 2. The van der Waals surface area contributed by atoms with Crippen LogP contribution in [0.15, 0.2) is 46.9 Å². The minimum atomic E-state index is -0.469. The van der Waals surface area contributed by atoms with Crippen molar-refractivity contribution in [1.29, 1.82) is 0 Å². The normalized spacial score (nSPS) is 10.4. The first-order valence-electron chi connectivity index (χ1n) is 6.21. The zero-order chi connectivity index (χ0) is 15.2. The molecule has 2 aromatic carbocycles. The molecule has 0 aliphatic heterocycles. The number of rotatable bonds is 5. The number of amides is 1. The molecule has 2 aromatic rings. The summed E-state index contributed by atoms with van der Waals surface area (Å²) in [6, 6.07) is 11.7. The minimum Gasteiger partial charge on any atom is -0.372 e. The lowest BCUT2D eigenvalue weighted by Gasteiger charge is -2.08. The van der Waals surface area contributed by atoms with Gasteiger partial charge < -0.3 is 4.74 Å². The van der Waals surface area contributed by atoms with Crippen molar-refractivity contribution < 1.29 is 13.9 Å². The number of carbonyl (C=O) groups is 1. The molecule has 6 heteroatoms. The Bertz CT molecular complexity index is 649. The predicted molar refractivity (Wildman–Crippen MR) is 80.7 cm³/mol. The van der Waals surface area contributed by atoms with E-state index in [1.807, 2.05) is 29.7 Å². The lowest BCUT2D eigenvalue weighted by Crippen LogP contribution is -2.30. The maximum Gasteiger partial charge on any atom is 0.265 e. The summed E-state index contributed by atoms with van der Waals surface area (Å²) in [5, 5.41) is 0. The summed E-state index contributed by atoms with van der Waals surface area (Å²) in [6.45, 7) is 0.427. The highest BCUT2D eigenvalue weighted by Gasteiger charge is 2.09. The fourth-order valence-electron chi connectivity index (χ4n) is 1.82. The second kappa shape index (κ2) is 7.31. The molecule has 1 amide bonds. The van der Waals surface area contributed by atoms with Crippen molar-refractivity contribution in [2.24, 2.45) is 5.84 Å². The van der Waals surface area contributed by atoms with Gasteiger partial charge in [0.2, 0.25) is 0 Å². The molecule has 0 saturated carbocycles. The van der Waals surface area contributed by atoms with E-state index in [0.29, 0.717) is 17.7 Å². The van der Waals surface area contributed by atoms with Crippen LogP contribution in [0.3, 0.4) is 0 Å². The van der Waals surface area contributed by atoms with E-state index in [2.05, 4.69) is 15.9 Å². The SMILES string of the molecule is NNC(=O)c1ccc(F)c(COCc2cccc(Br)c2)c1. The van der Waals surface area contributed by atoms with Crippen LogP contribution in [-0.2, 0) is 18.0 Å². The van der Waals surface area contributed by atoms with E-state index >= 15 is 0 Å². The Kier molecular flexibility index (Phi) is 5.44. The van der Waals surface area contributed by atoms with Crippen LogP contribution in [0.5, 0.6) is 0 Å². The van der Waals surface area contributed by atoms with Gasteiger partial charge in [0.15, 0.2) is 0 Å². The second-order valence-electron chi connectivity index (χ2n) is 4.40. The van der Waals surface area contributed by atoms with Crippen molar-refractivity contribution in [2.45, 2.75) is 13.2 Å². The van der Waals surface area contributed by atoms with Crippen LogP contribution in [0, 0.1) is 5.82 Å². The fraction of sp³-hybridized carbons (Fsp3) is 0.133. The van der Waals surface area contributed by atoms with Gasteiger partial charge in [0.05, 0.1) is 13.2 Å². The molecule has 110 valence electrons. The smallest absolute Gasteiger partial charge is 0.265 e. The van der Waals surface area contributed by atoms with Crippen LogP contribution >= 0.6 is 15.9 Å². The third-order valence-electron chi connectivity index (χ3n) is 2.85. The summed E-state index contributed by atoms with van der Waals surface area (Å²) >= 11 is 3.37. The molecular formula is C15H14BrFN2O2. The number of hydrazine groups is 1. The molecule has 0 saturated heterocycles. The van der Waals surface area contributed by atoms with Gasteiger partial charge in [0.1, 0.15) is 5.82 Å². The number of nitrogens with one attached hydrogen (secondary N) is 1. The first-order chi connectivity index (χ1) is 10.1. The topological polar surface area (TPSA) is 64.3 Å². The number of hydrogen-bond acceptors (Lipinski definition) is 3. The maximum absolute atomic E-state index is 13.7. The van der Waals surface area contributed by atoms with E-state index in [0.717, 1.165) is 10.0 Å². The third kappa shape index (κ3) is 4.35. The number of ether oxygens (including phenoxy) is 1. The molecule has 4 nitrogen and oxygen atoms in total. The van der Waals surface area contributed by atoms with Gasteiger partial charge in [-0.2, -0.15) is 0 Å². The number of nitrogen functional groups attached to an aromatic ring is 1. The van der Waals surface area contributed by atoms with E-state index in [4.69, 9.17) is 10.6 Å². The lowest BCUT2D eigenvalue weighted by atomic mass is 10.1. The first kappa shape index (κ1) is 15.6. The van der Waals surface area contributed by atoms with E-state index < -0.39 is 11.7 Å². The third-order valence-corrected chi connectivity index (χ3v) is 3.35. The van der Waals surface area contributed by atoms with Gasteiger partial charge in [0, 0.05) is 15.6 Å². The summed E-state index contributed by atoms with van der Waals surface area (Å²) in [7, 11) is 0. The van der Waals surface area contributed by atoms with Gasteiger partial charge in [0.25, 0.3) is 5.91 Å². The van der Waals surface area contributed by atoms with Crippen molar-refractivity contribution in [2.75, 3.05) is 0 Å². The molecule has 0 bridgehead atoms. The minimum absolute atomic E-state index is 0.0735. The second-order valence-corrected chi connectivity index (χ2v) is 5.32. The van der Waals surface area contributed by atoms with E-state index in [-0.39, 0.29) is 6.61 Å². The van der Waals surface area contributed by atoms with Gasteiger partial charge in [-0.15, -0.1) is 0 Å². The van der Waals surface area contributed by atoms with Crippen LogP contribution in [0.1, 0.15) is 21.5 Å². The fourth-order valence-corrected chi connectivity index (χ4v) is 2.26. The van der Waals surface area contributed by atoms with Gasteiger partial charge >= 0.3 is 0 Å². The zero-order valence-electron chi connectivity index (χ0n) is 11.1. The van der Waals surface area contributed by atoms with Crippen LogP contribution in [0.25, 0.3) is 0 Å². The highest BCUT2D eigenvalue weighted by atomic mass is 79.9. The molecule has 0 spiro atoms. The molecule has 0 aromatic heterocycles. The predicted octanol–water partition coefficient (Wildman–Crippen LogP) is 2.91. The first-order valence-corrected chi connectivity index (χ1v) is 7.01. The van der Waals surface area contributed by atoms with Gasteiger partial charge in [-0.25, -0.2) is 10.2 Å². The number of carbonyl (C=O) groups excluding carboxylic acids is 1. The summed E-state index contributed by atoms with van der Waals surface area (Å²) in [5.41, 5.74) is 3.58. The molecular weight excluding hydrogens is 339 g/mol. The Hall–Kier alpha value is -1.76.